The first-order chi connectivity index (χ1) is 8.78. The summed E-state index contributed by atoms with van der Waals surface area (Å²) >= 11 is 0. The van der Waals surface area contributed by atoms with Crippen molar-refractivity contribution in [3.63, 3.8) is 0 Å². The second kappa shape index (κ2) is 6.88. The van der Waals surface area contributed by atoms with Crippen molar-refractivity contribution in [2.75, 3.05) is 26.7 Å². The average Bonchev–Trinajstić information content (AvgIpc) is 2.84. The van der Waals surface area contributed by atoms with Crippen LogP contribution in [0.2, 0.25) is 0 Å². The standard InChI is InChI=1S/C15H24N2O/c1-17(12-15-3-2-10-18-15)11-14-6-4-13(5-7-14)8-9-16/h4-7,15H,2-3,8-12,16H2,1H3. The van der Waals surface area contributed by atoms with Crippen molar-refractivity contribution in [1.82, 2.24) is 4.90 Å². The van der Waals surface area contributed by atoms with Gasteiger partial charge in [-0.25, -0.2) is 0 Å². The average molecular weight is 248 g/mol. The molecule has 1 aliphatic rings. The second-order valence-electron chi connectivity index (χ2n) is 5.19. The zero-order valence-electron chi connectivity index (χ0n) is 11.3. The molecule has 2 rings (SSSR count). The van der Waals surface area contributed by atoms with E-state index in [1.165, 1.54) is 24.0 Å². The number of ether oxygens (including phenoxy) is 1. The summed E-state index contributed by atoms with van der Waals surface area (Å²) in [5, 5.41) is 0. The van der Waals surface area contributed by atoms with Gasteiger partial charge in [0.15, 0.2) is 0 Å². The van der Waals surface area contributed by atoms with Gasteiger partial charge in [0, 0.05) is 19.7 Å². The van der Waals surface area contributed by atoms with Crippen molar-refractivity contribution in [3.8, 4) is 0 Å². The lowest BCUT2D eigenvalue weighted by atomic mass is 10.1. The van der Waals surface area contributed by atoms with E-state index in [0.29, 0.717) is 6.10 Å². The molecule has 100 valence electrons. The minimum Gasteiger partial charge on any atom is -0.377 e. The van der Waals surface area contributed by atoms with Crippen LogP contribution in [0.15, 0.2) is 24.3 Å². The number of hydrogen-bond donors (Lipinski definition) is 1. The highest BCUT2D eigenvalue weighted by atomic mass is 16.5. The van der Waals surface area contributed by atoms with E-state index in [-0.39, 0.29) is 0 Å². The van der Waals surface area contributed by atoms with Crippen molar-refractivity contribution in [2.24, 2.45) is 5.73 Å². The van der Waals surface area contributed by atoms with Crippen molar-refractivity contribution in [1.29, 1.82) is 0 Å². The molecule has 1 fully saturated rings. The molecule has 0 aromatic heterocycles. The summed E-state index contributed by atoms with van der Waals surface area (Å²) in [5.41, 5.74) is 8.23. The summed E-state index contributed by atoms with van der Waals surface area (Å²) in [6.45, 7) is 3.68. The van der Waals surface area contributed by atoms with Crippen LogP contribution in [0.1, 0.15) is 24.0 Å². The second-order valence-corrected chi connectivity index (χ2v) is 5.19. The molecule has 0 aliphatic carbocycles. The summed E-state index contributed by atoms with van der Waals surface area (Å²) in [6.07, 6.45) is 3.82. The fourth-order valence-electron chi connectivity index (χ4n) is 2.49. The van der Waals surface area contributed by atoms with Gasteiger partial charge in [-0.05, 0) is 44.0 Å². The smallest absolute Gasteiger partial charge is 0.0702 e. The summed E-state index contributed by atoms with van der Waals surface area (Å²) in [5.74, 6) is 0. The van der Waals surface area contributed by atoms with Crippen LogP contribution >= 0.6 is 0 Å². The molecule has 0 radical (unpaired) electrons. The van der Waals surface area contributed by atoms with Gasteiger partial charge in [0.2, 0.25) is 0 Å². The van der Waals surface area contributed by atoms with Gasteiger partial charge in [-0.15, -0.1) is 0 Å². The maximum absolute atomic E-state index is 5.66. The Bertz CT molecular complexity index is 344. The molecule has 1 aliphatic heterocycles. The molecule has 1 aromatic carbocycles. The quantitative estimate of drug-likeness (QED) is 0.834. The van der Waals surface area contributed by atoms with E-state index >= 15 is 0 Å². The fraction of sp³-hybridized carbons (Fsp3) is 0.600. The number of hydrogen-bond acceptors (Lipinski definition) is 3. The van der Waals surface area contributed by atoms with E-state index in [9.17, 15) is 0 Å². The molecule has 18 heavy (non-hydrogen) atoms. The van der Waals surface area contributed by atoms with Crippen molar-refractivity contribution < 1.29 is 4.74 Å². The van der Waals surface area contributed by atoms with Gasteiger partial charge in [-0.1, -0.05) is 24.3 Å². The predicted molar refractivity (Wildman–Crippen MR) is 74.5 cm³/mol. The maximum Gasteiger partial charge on any atom is 0.0702 e. The largest absolute Gasteiger partial charge is 0.377 e. The molecule has 0 saturated carbocycles. The van der Waals surface area contributed by atoms with Crippen molar-refractivity contribution in [2.45, 2.75) is 31.9 Å². The summed E-state index contributed by atoms with van der Waals surface area (Å²) in [4.78, 5) is 2.34. The third kappa shape index (κ3) is 4.09. The van der Waals surface area contributed by atoms with Crippen LogP contribution in [-0.4, -0.2) is 37.7 Å². The Morgan fingerprint density at radius 1 is 1.28 bits per heavy atom. The molecule has 3 nitrogen and oxygen atoms in total. The molecular weight excluding hydrogens is 224 g/mol. The van der Waals surface area contributed by atoms with E-state index in [2.05, 4.69) is 36.2 Å². The van der Waals surface area contributed by atoms with E-state index in [0.717, 1.165) is 32.7 Å². The van der Waals surface area contributed by atoms with Crippen LogP contribution in [0.4, 0.5) is 0 Å². The summed E-state index contributed by atoms with van der Waals surface area (Å²) in [7, 11) is 2.16. The van der Waals surface area contributed by atoms with Gasteiger partial charge in [-0.3, -0.25) is 4.90 Å². The first-order valence-electron chi connectivity index (χ1n) is 6.86. The van der Waals surface area contributed by atoms with E-state index in [1.54, 1.807) is 0 Å². The SMILES string of the molecule is CN(Cc1ccc(CCN)cc1)CC1CCCO1. The van der Waals surface area contributed by atoms with Gasteiger partial charge in [0.25, 0.3) is 0 Å². The molecule has 0 spiro atoms. The predicted octanol–water partition coefficient (Wildman–Crippen LogP) is 1.80. The lowest BCUT2D eigenvalue weighted by molar-refractivity contribution is 0.0793. The Balaban J connectivity index is 1.80. The maximum atomic E-state index is 5.66. The third-order valence-corrected chi connectivity index (χ3v) is 3.45. The highest BCUT2D eigenvalue weighted by Gasteiger charge is 2.17. The zero-order valence-corrected chi connectivity index (χ0v) is 11.3. The number of rotatable bonds is 6. The molecule has 1 heterocycles. The summed E-state index contributed by atoms with van der Waals surface area (Å²) < 4.78 is 5.66. The molecule has 1 saturated heterocycles. The Labute approximate surface area is 110 Å². The van der Waals surface area contributed by atoms with Gasteiger partial charge >= 0.3 is 0 Å². The molecule has 1 aromatic rings. The molecule has 1 atom stereocenters. The van der Waals surface area contributed by atoms with Crippen LogP contribution in [0.3, 0.4) is 0 Å². The molecule has 0 bridgehead atoms. The number of nitrogens with zero attached hydrogens (tertiary/aromatic N) is 1. The Hall–Kier alpha value is -0.900. The van der Waals surface area contributed by atoms with Gasteiger partial charge in [0.05, 0.1) is 6.10 Å². The fourth-order valence-corrected chi connectivity index (χ4v) is 2.49. The first-order valence-corrected chi connectivity index (χ1v) is 6.86. The minimum absolute atomic E-state index is 0.437. The Kier molecular flexibility index (Phi) is 5.17. The normalized spacial score (nSPS) is 19.6. The van der Waals surface area contributed by atoms with Crippen molar-refractivity contribution in [3.05, 3.63) is 35.4 Å². The first kappa shape index (κ1) is 13.5. The number of nitrogens with two attached hydrogens (primary N) is 1. The Morgan fingerprint density at radius 2 is 2.00 bits per heavy atom. The molecule has 3 heteroatoms. The van der Waals surface area contributed by atoms with Crippen molar-refractivity contribution >= 4 is 0 Å². The highest BCUT2D eigenvalue weighted by molar-refractivity contribution is 5.22. The topological polar surface area (TPSA) is 38.5 Å². The van der Waals surface area contributed by atoms with Crippen LogP contribution < -0.4 is 5.73 Å². The van der Waals surface area contributed by atoms with E-state index in [1.807, 2.05) is 0 Å². The number of benzene rings is 1. The van der Waals surface area contributed by atoms with Crippen LogP contribution in [-0.2, 0) is 17.7 Å². The lowest BCUT2D eigenvalue weighted by Gasteiger charge is -2.20. The summed E-state index contributed by atoms with van der Waals surface area (Å²) in [6, 6.07) is 8.78. The zero-order chi connectivity index (χ0) is 12.8. The van der Waals surface area contributed by atoms with Crippen LogP contribution in [0.25, 0.3) is 0 Å². The highest BCUT2D eigenvalue weighted by Crippen LogP contribution is 2.14. The van der Waals surface area contributed by atoms with Gasteiger partial charge in [0.1, 0.15) is 0 Å². The van der Waals surface area contributed by atoms with E-state index < -0.39 is 0 Å². The molecule has 0 amide bonds. The molecule has 2 N–H and O–H groups in total. The molecular formula is C15H24N2O. The van der Waals surface area contributed by atoms with Gasteiger partial charge < -0.3 is 10.5 Å². The van der Waals surface area contributed by atoms with Crippen LogP contribution in [0, 0.1) is 0 Å². The third-order valence-electron chi connectivity index (χ3n) is 3.45. The van der Waals surface area contributed by atoms with Gasteiger partial charge in [-0.2, -0.15) is 0 Å². The Morgan fingerprint density at radius 3 is 2.61 bits per heavy atom. The minimum atomic E-state index is 0.437. The van der Waals surface area contributed by atoms with E-state index in [4.69, 9.17) is 10.5 Å². The molecule has 1 unspecified atom stereocenters. The monoisotopic (exact) mass is 248 g/mol. The number of likely N-dealkylation sites (N-methyl/N-ethyl adjacent to an activating group) is 1. The van der Waals surface area contributed by atoms with Crippen LogP contribution in [0.5, 0.6) is 0 Å². The lowest BCUT2D eigenvalue weighted by Crippen LogP contribution is -2.28.